The van der Waals surface area contributed by atoms with Crippen molar-refractivity contribution in [3.8, 4) is 0 Å². The van der Waals surface area contributed by atoms with E-state index in [2.05, 4.69) is 5.32 Å². The second kappa shape index (κ2) is 5.06. The first kappa shape index (κ1) is 11.9. The lowest BCUT2D eigenvalue weighted by atomic mass is 10.4. The molecule has 6 heteroatoms. The van der Waals surface area contributed by atoms with Gasteiger partial charge in [-0.15, -0.1) is 0 Å². The molecular weight excluding hydrogens is 202 g/mol. The third-order valence-corrected chi connectivity index (χ3v) is 4.55. The van der Waals surface area contributed by atoms with E-state index in [1.807, 2.05) is 14.0 Å². The van der Waals surface area contributed by atoms with Crippen LogP contribution >= 0.6 is 0 Å². The Morgan fingerprint density at radius 2 is 1.93 bits per heavy atom. The highest BCUT2D eigenvalue weighted by Crippen LogP contribution is 2.15. The molecule has 5 nitrogen and oxygen atoms in total. The maximum absolute atomic E-state index is 11.7. The van der Waals surface area contributed by atoms with Gasteiger partial charge in [-0.25, -0.2) is 0 Å². The molecule has 1 aliphatic heterocycles. The summed E-state index contributed by atoms with van der Waals surface area (Å²) in [4.78, 5) is 0. The Kier molecular flexibility index (Phi) is 4.31. The molecular formula is C8H19N3O2S. The summed E-state index contributed by atoms with van der Waals surface area (Å²) in [6.07, 6.45) is 0.868. The fraction of sp³-hybridized carbons (Fsp3) is 1.00. The molecule has 0 radical (unpaired) electrons. The van der Waals surface area contributed by atoms with Gasteiger partial charge in [-0.2, -0.15) is 17.0 Å². The largest absolute Gasteiger partial charge is 0.320 e. The molecule has 0 saturated carbocycles. The molecule has 1 rings (SSSR count). The Morgan fingerprint density at radius 3 is 2.43 bits per heavy atom. The predicted molar refractivity (Wildman–Crippen MR) is 56.3 cm³/mol. The summed E-state index contributed by atoms with van der Waals surface area (Å²) in [5, 5.41) is 3.01. The fourth-order valence-corrected chi connectivity index (χ4v) is 3.24. The molecule has 84 valence electrons. The number of nitrogens with one attached hydrogen (secondary N) is 1. The number of nitrogens with zero attached hydrogens (tertiary/aromatic N) is 2. The minimum Gasteiger partial charge on any atom is -0.320 e. The van der Waals surface area contributed by atoms with Gasteiger partial charge in [0.2, 0.25) is 0 Å². The van der Waals surface area contributed by atoms with E-state index in [0.29, 0.717) is 26.2 Å². The summed E-state index contributed by atoms with van der Waals surface area (Å²) in [6.45, 7) is 5.20. The van der Waals surface area contributed by atoms with Crippen LogP contribution in [0.3, 0.4) is 0 Å². The molecule has 0 spiro atoms. The van der Waals surface area contributed by atoms with Gasteiger partial charge < -0.3 is 5.32 Å². The summed E-state index contributed by atoms with van der Waals surface area (Å²) in [6, 6.07) is 0. The Labute approximate surface area is 86.3 Å². The van der Waals surface area contributed by atoms with Crippen molar-refractivity contribution in [2.24, 2.45) is 0 Å². The lowest BCUT2D eigenvalue weighted by molar-refractivity contribution is 0.436. The molecule has 1 fully saturated rings. The highest BCUT2D eigenvalue weighted by Gasteiger charge is 2.34. The Balaban J connectivity index is 2.48. The summed E-state index contributed by atoms with van der Waals surface area (Å²) in [5.74, 6) is 0. The highest BCUT2D eigenvalue weighted by atomic mass is 32.2. The smallest absolute Gasteiger partial charge is 0.282 e. The van der Waals surface area contributed by atoms with Gasteiger partial charge in [0.25, 0.3) is 10.2 Å². The van der Waals surface area contributed by atoms with E-state index in [9.17, 15) is 8.42 Å². The maximum atomic E-state index is 11.7. The second-order valence-electron chi connectivity index (χ2n) is 3.36. The predicted octanol–water partition coefficient (Wildman–Crippen LogP) is -0.522. The van der Waals surface area contributed by atoms with Crippen molar-refractivity contribution in [2.45, 2.75) is 13.3 Å². The van der Waals surface area contributed by atoms with Crippen LogP contribution in [0.4, 0.5) is 0 Å². The van der Waals surface area contributed by atoms with Crippen LogP contribution in [0.25, 0.3) is 0 Å². The van der Waals surface area contributed by atoms with E-state index in [-0.39, 0.29) is 0 Å². The lowest BCUT2D eigenvalue weighted by Gasteiger charge is -2.16. The average Bonchev–Trinajstić information content (AvgIpc) is 2.42. The van der Waals surface area contributed by atoms with Gasteiger partial charge in [-0.1, -0.05) is 6.92 Å². The lowest BCUT2D eigenvalue weighted by Crippen LogP contribution is -2.34. The topological polar surface area (TPSA) is 52.6 Å². The zero-order valence-corrected chi connectivity index (χ0v) is 9.68. The molecule has 1 N–H and O–H groups in total. The van der Waals surface area contributed by atoms with Crippen LogP contribution in [-0.4, -0.2) is 56.8 Å². The molecule has 14 heavy (non-hydrogen) atoms. The Hall–Kier alpha value is -0.170. The van der Waals surface area contributed by atoms with Crippen molar-refractivity contribution in [2.75, 3.05) is 39.8 Å². The number of hydrogen-bond acceptors (Lipinski definition) is 3. The van der Waals surface area contributed by atoms with Crippen molar-refractivity contribution < 1.29 is 8.42 Å². The van der Waals surface area contributed by atoms with Crippen molar-refractivity contribution in [3.05, 3.63) is 0 Å². The van der Waals surface area contributed by atoms with Gasteiger partial charge in [-0.05, 0) is 20.0 Å². The fourth-order valence-electron chi connectivity index (χ4n) is 1.60. The molecule has 0 atom stereocenters. The molecule has 1 saturated heterocycles. The van der Waals surface area contributed by atoms with Crippen LogP contribution in [0.5, 0.6) is 0 Å². The van der Waals surface area contributed by atoms with E-state index in [0.717, 1.165) is 13.0 Å². The SMILES string of the molecule is CCN1CCN(CCCNC)S1(=O)=O. The van der Waals surface area contributed by atoms with Gasteiger partial charge in [0.05, 0.1) is 0 Å². The average molecular weight is 221 g/mol. The van der Waals surface area contributed by atoms with Crippen molar-refractivity contribution in [1.82, 2.24) is 13.9 Å². The minimum atomic E-state index is -3.12. The number of likely N-dealkylation sites (N-methyl/N-ethyl adjacent to an activating group) is 1. The first-order chi connectivity index (χ1) is 6.62. The monoisotopic (exact) mass is 221 g/mol. The van der Waals surface area contributed by atoms with Crippen LogP contribution in [-0.2, 0) is 10.2 Å². The van der Waals surface area contributed by atoms with Gasteiger partial charge in [0.1, 0.15) is 0 Å². The van der Waals surface area contributed by atoms with E-state index in [4.69, 9.17) is 0 Å². The first-order valence-electron chi connectivity index (χ1n) is 5.02. The normalized spacial score (nSPS) is 23.0. The standard InChI is InChI=1S/C8H19N3O2S/c1-3-10-7-8-11(14(10,12)13)6-4-5-9-2/h9H,3-8H2,1-2H3. The zero-order valence-electron chi connectivity index (χ0n) is 8.86. The van der Waals surface area contributed by atoms with E-state index in [1.165, 1.54) is 4.31 Å². The number of rotatable bonds is 5. The molecule has 0 aliphatic carbocycles. The van der Waals surface area contributed by atoms with Crippen LogP contribution < -0.4 is 5.32 Å². The summed E-state index contributed by atoms with van der Waals surface area (Å²) < 4.78 is 26.6. The summed E-state index contributed by atoms with van der Waals surface area (Å²) in [7, 11) is -1.25. The van der Waals surface area contributed by atoms with Gasteiger partial charge in [-0.3, -0.25) is 0 Å². The van der Waals surface area contributed by atoms with E-state index < -0.39 is 10.2 Å². The van der Waals surface area contributed by atoms with Crippen LogP contribution in [0.2, 0.25) is 0 Å². The van der Waals surface area contributed by atoms with Crippen LogP contribution in [0.1, 0.15) is 13.3 Å². The van der Waals surface area contributed by atoms with Gasteiger partial charge in [0.15, 0.2) is 0 Å². The summed E-state index contributed by atoms with van der Waals surface area (Å²) >= 11 is 0. The van der Waals surface area contributed by atoms with Crippen molar-refractivity contribution in [3.63, 3.8) is 0 Å². The molecule has 0 aromatic carbocycles. The Bertz CT molecular complexity index is 266. The highest BCUT2D eigenvalue weighted by molar-refractivity contribution is 7.87. The molecule has 0 aromatic rings. The molecule has 0 unspecified atom stereocenters. The minimum absolute atomic E-state index is 0.574. The maximum Gasteiger partial charge on any atom is 0.282 e. The van der Waals surface area contributed by atoms with Gasteiger partial charge in [0, 0.05) is 26.2 Å². The molecule has 1 heterocycles. The molecule has 0 bridgehead atoms. The third kappa shape index (κ3) is 2.44. The second-order valence-corrected chi connectivity index (χ2v) is 5.28. The van der Waals surface area contributed by atoms with E-state index in [1.54, 1.807) is 4.31 Å². The zero-order chi connectivity index (χ0) is 10.6. The molecule has 0 amide bonds. The van der Waals surface area contributed by atoms with Crippen molar-refractivity contribution >= 4 is 10.2 Å². The number of hydrogen-bond donors (Lipinski definition) is 1. The third-order valence-electron chi connectivity index (χ3n) is 2.44. The Morgan fingerprint density at radius 1 is 1.29 bits per heavy atom. The first-order valence-corrected chi connectivity index (χ1v) is 6.42. The van der Waals surface area contributed by atoms with E-state index >= 15 is 0 Å². The van der Waals surface area contributed by atoms with Crippen LogP contribution in [0.15, 0.2) is 0 Å². The van der Waals surface area contributed by atoms with Crippen LogP contribution in [0, 0.1) is 0 Å². The molecule has 1 aliphatic rings. The molecule has 0 aromatic heterocycles. The van der Waals surface area contributed by atoms with Gasteiger partial charge >= 0.3 is 0 Å². The quantitative estimate of drug-likeness (QED) is 0.636. The summed E-state index contributed by atoms with van der Waals surface area (Å²) in [5.41, 5.74) is 0. The van der Waals surface area contributed by atoms with Crippen molar-refractivity contribution in [1.29, 1.82) is 0 Å².